The van der Waals surface area contributed by atoms with Crippen molar-refractivity contribution < 1.29 is 18.4 Å². The van der Waals surface area contributed by atoms with Gasteiger partial charge in [-0.25, -0.2) is 8.78 Å². The summed E-state index contributed by atoms with van der Waals surface area (Å²) < 4.78 is 28.3. The van der Waals surface area contributed by atoms with Crippen LogP contribution in [0.25, 0.3) is 0 Å². The molecule has 0 saturated carbocycles. The maximum atomic E-state index is 14.2. The number of carbonyl (C=O) groups excluding carboxylic acids is 2. The molecule has 0 bridgehead atoms. The van der Waals surface area contributed by atoms with Crippen LogP contribution in [0.2, 0.25) is 0 Å². The van der Waals surface area contributed by atoms with Gasteiger partial charge < -0.3 is 10.6 Å². The molecule has 2 rings (SSSR count). The second kappa shape index (κ2) is 9.49. The van der Waals surface area contributed by atoms with Gasteiger partial charge in [0, 0.05) is 12.5 Å². The quantitative estimate of drug-likeness (QED) is 0.744. The van der Waals surface area contributed by atoms with Crippen molar-refractivity contribution in [1.29, 1.82) is 5.26 Å². The summed E-state index contributed by atoms with van der Waals surface area (Å²) in [6.45, 7) is 7.39. The number of rotatable bonds is 6. The van der Waals surface area contributed by atoms with Crippen LogP contribution < -0.4 is 10.6 Å². The van der Waals surface area contributed by atoms with E-state index in [0.717, 1.165) is 17.7 Å². The largest absolute Gasteiger partial charge is 0.349 e. The van der Waals surface area contributed by atoms with Crippen molar-refractivity contribution >= 4 is 11.8 Å². The van der Waals surface area contributed by atoms with E-state index < -0.39 is 47.5 Å². The van der Waals surface area contributed by atoms with Crippen LogP contribution in [-0.4, -0.2) is 11.8 Å². The first kappa shape index (κ1) is 23.0. The molecular formula is C23H25F2N3O2. The Kier molecular flexibility index (Phi) is 7.28. The van der Waals surface area contributed by atoms with Crippen LogP contribution in [0.1, 0.15) is 62.9 Å². The number of benzene rings is 2. The van der Waals surface area contributed by atoms with Crippen molar-refractivity contribution in [3.63, 3.8) is 0 Å². The molecule has 0 spiro atoms. The van der Waals surface area contributed by atoms with Gasteiger partial charge in [0.25, 0.3) is 0 Å². The third-order valence-corrected chi connectivity index (χ3v) is 4.66. The van der Waals surface area contributed by atoms with Crippen LogP contribution in [-0.2, 0) is 15.0 Å². The number of nitriles is 1. The molecule has 0 aliphatic heterocycles. The van der Waals surface area contributed by atoms with E-state index in [1.165, 1.54) is 13.0 Å². The van der Waals surface area contributed by atoms with Gasteiger partial charge in [-0.2, -0.15) is 5.26 Å². The van der Waals surface area contributed by atoms with E-state index in [-0.39, 0.29) is 5.41 Å². The Morgan fingerprint density at radius 1 is 1.03 bits per heavy atom. The molecule has 5 nitrogen and oxygen atoms in total. The highest BCUT2D eigenvalue weighted by Crippen LogP contribution is 2.26. The summed E-state index contributed by atoms with van der Waals surface area (Å²) >= 11 is 0. The predicted molar refractivity (Wildman–Crippen MR) is 109 cm³/mol. The van der Waals surface area contributed by atoms with Crippen LogP contribution in [0, 0.1) is 23.0 Å². The Hall–Kier alpha value is -3.27. The highest BCUT2D eigenvalue weighted by Gasteiger charge is 2.25. The molecule has 2 amide bonds. The Morgan fingerprint density at radius 3 is 2.07 bits per heavy atom. The standard InChI is InChI=1S/C23H25F2N3O2/c1-14(29)27-19(22-17(24)6-5-7-18(22)25)12-21(30)28-20(13-26)15-8-10-16(11-9-15)23(2,3)4/h5-11,19-20H,12H2,1-4H3,(H,27,29)(H,28,30). The van der Waals surface area contributed by atoms with Crippen molar-refractivity contribution in [2.45, 2.75) is 51.6 Å². The van der Waals surface area contributed by atoms with Crippen LogP contribution in [0.4, 0.5) is 8.78 Å². The lowest BCUT2D eigenvalue weighted by Gasteiger charge is -2.21. The van der Waals surface area contributed by atoms with Crippen LogP contribution >= 0.6 is 0 Å². The zero-order valence-electron chi connectivity index (χ0n) is 17.4. The Labute approximate surface area is 175 Å². The van der Waals surface area contributed by atoms with Gasteiger partial charge in [0.1, 0.15) is 17.7 Å². The smallest absolute Gasteiger partial charge is 0.223 e. The van der Waals surface area contributed by atoms with Crippen molar-refractivity contribution in [2.24, 2.45) is 0 Å². The summed E-state index contributed by atoms with van der Waals surface area (Å²) in [5.41, 5.74) is 1.21. The van der Waals surface area contributed by atoms with Gasteiger partial charge in [-0.3, -0.25) is 9.59 Å². The van der Waals surface area contributed by atoms with E-state index in [0.29, 0.717) is 5.56 Å². The average molecular weight is 413 g/mol. The summed E-state index contributed by atoms with van der Waals surface area (Å²) in [6.07, 6.45) is -0.421. The minimum atomic E-state index is -1.20. The summed E-state index contributed by atoms with van der Waals surface area (Å²) in [7, 11) is 0. The van der Waals surface area contributed by atoms with Crippen LogP contribution in [0.3, 0.4) is 0 Å². The monoisotopic (exact) mass is 413 g/mol. The van der Waals surface area contributed by atoms with Gasteiger partial charge in [-0.1, -0.05) is 51.1 Å². The molecule has 2 aromatic carbocycles. The first-order chi connectivity index (χ1) is 14.0. The maximum Gasteiger partial charge on any atom is 0.223 e. The van der Waals surface area contributed by atoms with Crippen molar-refractivity contribution in [2.75, 3.05) is 0 Å². The van der Waals surface area contributed by atoms with E-state index in [9.17, 15) is 23.6 Å². The molecule has 7 heteroatoms. The molecule has 0 heterocycles. The molecule has 0 fully saturated rings. The third kappa shape index (κ3) is 5.86. The molecule has 0 aromatic heterocycles. The Bertz CT molecular complexity index is 940. The fraction of sp³-hybridized carbons (Fsp3) is 0.348. The topological polar surface area (TPSA) is 82.0 Å². The third-order valence-electron chi connectivity index (χ3n) is 4.66. The minimum Gasteiger partial charge on any atom is -0.349 e. The van der Waals surface area contributed by atoms with E-state index in [1.807, 2.05) is 18.2 Å². The summed E-state index contributed by atoms with van der Waals surface area (Å²) in [6, 6.07) is 10.5. The predicted octanol–water partition coefficient (Wildman–Crippen LogP) is 4.21. The van der Waals surface area contributed by atoms with Crippen molar-refractivity contribution in [3.8, 4) is 6.07 Å². The summed E-state index contributed by atoms with van der Waals surface area (Å²) in [5, 5.41) is 14.4. The molecule has 2 aromatic rings. The number of halogens is 2. The number of carbonyl (C=O) groups is 2. The number of hydrogen-bond acceptors (Lipinski definition) is 3. The molecule has 30 heavy (non-hydrogen) atoms. The van der Waals surface area contributed by atoms with Crippen molar-refractivity contribution in [1.82, 2.24) is 10.6 Å². The normalized spacial score (nSPS) is 13.1. The molecule has 2 unspecified atom stereocenters. The van der Waals surface area contributed by atoms with E-state index in [1.54, 1.807) is 12.1 Å². The highest BCUT2D eigenvalue weighted by molar-refractivity contribution is 5.79. The lowest BCUT2D eigenvalue weighted by atomic mass is 9.86. The van der Waals surface area contributed by atoms with Gasteiger partial charge in [0.2, 0.25) is 11.8 Å². The molecule has 0 aliphatic rings. The SMILES string of the molecule is CC(=O)NC(CC(=O)NC(C#N)c1ccc(C(C)(C)C)cc1)c1c(F)cccc1F. The van der Waals surface area contributed by atoms with Gasteiger partial charge >= 0.3 is 0 Å². The summed E-state index contributed by atoms with van der Waals surface area (Å²) in [4.78, 5) is 24.0. The molecular weight excluding hydrogens is 388 g/mol. The van der Waals surface area contributed by atoms with Crippen LogP contribution in [0.15, 0.2) is 42.5 Å². The fourth-order valence-corrected chi connectivity index (χ4v) is 3.09. The van der Waals surface area contributed by atoms with E-state index >= 15 is 0 Å². The Morgan fingerprint density at radius 2 is 1.60 bits per heavy atom. The van der Waals surface area contributed by atoms with Crippen LogP contribution in [0.5, 0.6) is 0 Å². The zero-order valence-corrected chi connectivity index (χ0v) is 17.4. The number of hydrogen-bond donors (Lipinski definition) is 2. The van der Waals surface area contributed by atoms with Gasteiger partial charge in [-0.15, -0.1) is 0 Å². The molecule has 0 radical (unpaired) electrons. The summed E-state index contributed by atoms with van der Waals surface area (Å²) in [5.74, 6) is -2.89. The first-order valence-corrected chi connectivity index (χ1v) is 9.53. The van der Waals surface area contributed by atoms with Gasteiger partial charge in [0.05, 0.1) is 18.5 Å². The fourth-order valence-electron chi connectivity index (χ4n) is 3.09. The molecule has 0 aliphatic carbocycles. The molecule has 2 N–H and O–H groups in total. The first-order valence-electron chi connectivity index (χ1n) is 9.53. The average Bonchev–Trinajstić information content (AvgIpc) is 2.65. The minimum absolute atomic E-state index is 0.0562. The lowest BCUT2D eigenvalue weighted by Crippen LogP contribution is -2.35. The number of nitrogens with one attached hydrogen (secondary N) is 2. The van der Waals surface area contributed by atoms with Gasteiger partial charge in [0.15, 0.2) is 0 Å². The maximum absolute atomic E-state index is 14.2. The lowest BCUT2D eigenvalue weighted by molar-refractivity contribution is -0.123. The second-order valence-electron chi connectivity index (χ2n) is 8.09. The van der Waals surface area contributed by atoms with E-state index in [4.69, 9.17) is 0 Å². The van der Waals surface area contributed by atoms with Crippen molar-refractivity contribution in [3.05, 3.63) is 70.8 Å². The number of nitrogens with zero attached hydrogens (tertiary/aromatic N) is 1. The Balaban J connectivity index is 2.19. The molecule has 158 valence electrons. The van der Waals surface area contributed by atoms with Gasteiger partial charge in [-0.05, 0) is 28.7 Å². The van der Waals surface area contributed by atoms with E-state index in [2.05, 4.69) is 31.4 Å². The second-order valence-corrected chi connectivity index (χ2v) is 8.09. The highest BCUT2D eigenvalue weighted by atomic mass is 19.1. The number of amides is 2. The molecule has 2 atom stereocenters. The zero-order chi connectivity index (χ0) is 22.5. The molecule has 0 saturated heterocycles.